The van der Waals surface area contributed by atoms with Crippen molar-refractivity contribution in [3.63, 3.8) is 0 Å². The lowest BCUT2D eigenvalue weighted by Gasteiger charge is -2.15. The second-order valence-corrected chi connectivity index (χ2v) is 8.02. The summed E-state index contributed by atoms with van der Waals surface area (Å²) < 4.78 is 1.15. The molecule has 0 fully saturated rings. The third kappa shape index (κ3) is 3.61. The number of likely N-dealkylation sites (N-methyl/N-ethyl adjacent to an activating group) is 1. The van der Waals surface area contributed by atoms with Gasteiger partial charge < -0.3 is 5.32 Å². The third-order valence-corrected chi connectivity index (χ3v) is 5.98. The van der Waals surface area contributed by atoms with E-state index in [0.29, 0.717) is 6.04 Å². The highest BCUT2D eigenvalue weighted by atomic mass is 79.9. The molecule has 0 saturated carbocycles. The van der Waals surface area contributed by atoms with Gasteiger partial charge in [-0.15, -0.1) is 22.7 Å². The summed E-state index contributed by atoms with van der Waals surface area (Å²) in [5.41, 5.74) is 2.44. The fourth-order valence-electron chi connectivity index (χ4n) is 2.22. The van der Waals surface area contributed by atoms with Crippen molar-refractivity contribution in [3.05, 3.63) is 62.9 Å². The number of halogens is 1. The number of thiophene rings is 1. The van der Waals surface area contributed by atoms with Crippen LogP contribution in [0.1, 0.15) is 17.3 Å². The van der Waals surface area contributed by atoms with E-state index in [2.05, 4.69) is 63.0 Å². The van der Waals surface area contributed by atoms with Crippen LogP contribution in [0, 0.1) is 0 Å². The standard InChI is InChI=1S/C16H15BrN2S2/c1-18-13(11-5-3-2-4-6-11)9-12-10-20-16(19-12)14-7-8-15(17)21-14/h2-8,10,13,18H,9H2,1H3. The number of thiazole rings is 1. The van der Waals surface area contributed by atoms with Crippen LogP contribution in [0.3, 0.4) is 0 Å². The molecule has 108 valence electrons. The van der Waals surface area contributed by atoms with Crippen molar-refractivity contribution < 1.29 is 0 Å². The number of hydrogen-bond donors (Lipinski definition) is 1. The molecule has 1 N–H and O–H groups in total. The van der Waals surface area contributed by atoms with Gasteiger partial charge in [-0.3, -0.25) is 0 Å². The van der Waals surface area contributed by atoms with E-state index in [4.69, 9.17) is 4.98 Å². The maximum Gasteiger partial charge on any atom is 0.133 e. The van der Waals surface area contributed by atoms with Crippen LogP contribution in [0.25, 0.3) is 9.88 Å². The topological polar surface area (TPSA) is 24.9 Å². The van der Waals surface area contributed by atoms with E-state index in [9.17, 15) is 0 Å². The Bertz CT molecular complexity index is 706. The molecule has 0 amide bonds. The molecular weight excluding hydrogens is 364 g/mol. The summed E-state index contributed by atoms with van der Waals surface area (Å²) in [7, 11) is 2.00. The molecule has 2 aromatic heterocycles. The van der Waals surface area contributed by atoms with Crippen molar-refractivity contribution in [2.75, 3.05) is 7.05 Å². The molecule has 0 aliphatic rings. The van der Waals surface area contributed by atoms with Crippen molar-refractivity contribution in [1.82, 2.24) is 10.3 Å². The Morgan fingerprint density at radius 1 is 1.19 bits per heavy atom. The molecule has 1 unspecified atom stereocenters. The molecule has 3 aromatic rings. The van der Waals surface area contributed by atoms with Gasteiger partial charge in [-0.05, 0) is 40.7 Å². The van der Waals surface area contributed by atoms with Crippen molar-refractivity contribution in [1.29, 1.82) is 0 Å². The van der Waals surface area contributed by atoms with E-state index < -0.39 is 0 Å². The Morgan fingerprint density at radius 2 is 2.00 bits per heavy atom. The third-order valence-electron chi connectivity index (χ3n) is 3.30. The number of rotatable bonds is 5. The van der Waals surface area contributed by atoms with Gasteiger partial charge in [0.15, 0.2) is 0 Å². The van der Waals surface area contributed by atoms with Gasteiger partial charge in [0.25, 0.3) is 0 Å². The molecule has 3 rings (SSSR count). The summed E-state index contributed by atoms with van der Waals surface area (Å²) in [5.74, 6) is 0. The van der Waals surface area contributed by atoms with Gasteiger partial charge in [0.2, 0.25) is 0 Å². The minimum atomic E-state index is 0.302. The lowest BCUT2D eigenvalue weighted by atomic mass is 10.0. The van der Waals surface area contributed by atoms with E-state index in [1.54, 1.807) is 22.7 Å². The van der Waals surface area contributed by atoms with Crippen LogP contribution >= 0.6 is 38.6 Å². The zero-order chi connectivity index (χ0) is 14.7. The Balaban J connectivity index is 1.77. The van der Waals surface area contributed by atoms with Crippen LogP contribution in [-0.2, 0) is 6.42 Å². The van der Waals surface area contributed by atoms with Gasteiger partial charge in [0.05, 0.1) is 14.4 Å². The summed E-state index contributed by atoms with van der Waals surface area (Å²) in [4.78, 5) is 6.00. The van der Waals surface area contributed by atoms with Crippen molar-refractivity contribution >= 4 is 38.6 Å². The van der Waals surface area contributed by atoms with Gasteiger partial charge in [0.1, 0.15) is 5.01 Å². The molecule has 1 aromatic carbocycles. The molecule has 0 saturated heterocycles. The fraction of sp³-hybridized carbons (Fsp3) is 0.188. The van der Waals surface area contributed by atoms with E-state index in [1.807, 2.05) is 13.1 Å². The highest BCUT2D eigenvalue weighted by molar-refractivity contribution is 9.11. The molecule has 2 heterocycles. The number of nitrogens with zero attached hydrogens (tertiary/aromatic N) is 1. The normalized spacial score (nSPS) is 12.5. The van der Waals surface area contributed by atoms with Crippen LogP contribution in [0.4, 0.5) is 0 Å². The maximum absolute atomic E-state index is 4.78. The van der Waals surface area contributed by atoms with Gasteiger partial charge in [-0.25, -0.2) is 4.98 Å². The van der Waals surface area contributed by atoms with Gasteiger partial charge in [0, 0.05) is 17.8 Å². The molecule has 0 radical (unpaired) electrons. The summed E-state index contributed by atoms with van der Waals surface area (Å²) in [6, 6.07) is 15.0. The summed E-state index contributed by atoms with van der Waals surface area (Å²) >= 11 is 6.94. The Hall–Kier alpha value is -1.01. The first kappa shape index (κ1) is 14.9. The van der Waals surface area contributed by atoms with Gasteiger partial charge in [-0.2, -0.15) is 0 Å². The minimum absolute atomic E-state index is 0.302. The van der Waals surface area contributed by atoms with E-state index in [-0.39, 0.29) is 0 Å². The first-order chi connectivity index (χ1) is 10.3. The van der Waals surface area contributed by atoms with E-state index >= 15 is 0 Å². The zero-order valence-corrected chi connectivity index (χ0v) is 14.8. The lowest BCUT2D eigenvalue weighted by molar-refractivity contribution is 0.586. The van der Waals surface area contributed by atoms with Crippen molar-refractivity contribution in [2.24, 2.45) is 0 Å². The minimum Gasteiger partial charge on any atom is -0.313 e. The summed E-state index contributed by atoms with van der Waals surface area (Å²) in [6.45, 7) is 0. The molecule has 21 heavy (non-hydrogen) atoms. The second kappa shape index (κ2) is 6.83. The highest BCUT2D eigenvalue weighted by Crippen LogP contribution is 2.33. The predicted octanol–water partition coefficient (Wildman–Crippen LogP) is 5.14. The molecule has 0 bridgehead atoms. The maximum atomic E-state index is 4.78. The van der Waals surface area contributed by atoms with Crippen molar-refractivity contribution in [3.8, 4) is 9.88 Å². The monoisotopic (exact) mass is 378 g/mol. The largest absolute Gasteiger partial charge is 0.313 e. The predicted molar refractivity (Wildman–Crippen MR) is 95.1 cm³/mol. The first-order valence-corrected chi connectivity index (χ1v) is 9.17. The number of hydrogen-bond acceptors (Lipinski definition) is 4. The van der Waals surface area contributed by atoms with Gasteiger partial charge in [-0.1, -0.05) is 30.3 Å². The Labute approximate surface area is 141 Å². The number of nitrogens with one attached hydrogen (secondary N) is 1. The summed E-state index contributed by atoms with van der Waals surface area (Å²) in [6.07, 6.45) is 0.906. The SMILES string of the molecule is CNC(Cc1csc(-c2ccc(Br)s2)n1)c1ccccc1. The van der Waals surface area contributed by atoms with Gasteiger partial charge >= 0.3 is 0 Å². The molecule has 0 aliphatic carbocycles. The Morgan fingerprint density at radius 3 is 2.67 bits per heavy atom. The number of benzene rings is 1. The first-order valence-electron chi connectivity index (χ1n) is 6.68. The van der Waals surface area contributed by atoms with Crippen LogP contribution in [0.2, 0.25) is 0 Å². The number of aromatic nitrogens is 1. The average molecular weight is 379 g/mol. The van der Waals surface area contributed by atoms with Crippen LogP contribution in [-0.4, -0.2) is 12.0 Å². The molecule has 0 spiro atoms. The lowest BCUT2D eigenvalue weighted by Crippen LogP contribution is -2.18. The highest BCUT2D eigenvalue weighted by Gasteiger charge is 2.13. The van der Waals surface area contributed by atoms with E-state index in [0.717, 1.165) is 20.9 Å². The van der Waals surface area contributed by atoms with Crippen LogP contribution < -0.4 is 5.32 Å². The van der Waals surface area contributed by atoms with Crippen molar-refractivity contribution in [2.45, 2.75) is 12.5 Å². The smallest absolute Gasteiger partial charge is 0.133 e. The molecule has 1 atom stereocenters. The Kier molecular flexibility index (Phi) is 4.85. The fourth-order valence-corrected chi connectivity index (χ4v) is 4.51. The quantitative estimate of drug-likeness (QED) is 0.664. The molecule has 5 heteroatoms. The average Bonchev–Trinajstić information content (AvgIpc) is 3.14. The second-order valence-electron chi connectivity index (χ2n) is 4.70. The summed E-state index contributed by atoms with van der Waals surface area (Å²) in [5, 5.41) is 6.64. The molecule has 0 aliphatic heterocycles. The molecule has 2 nitrogen and oxygen atoms in total. The van der Waals surface area contributed by atoms with Crippen LogP contribution in [0.15, 0.2) is 51.6 Å². The molecular formula is C16H15BrN2S2. The van der Waals surface area contributed by atoms with E-state index in [1.165, 1.54) is 10.4 Å². The zero-order valence-electron chi connectivity index (χ0n) is 11.5. The van der Waals surface area contributed by atoms with Crippen LogP contribution in [0.5, 0.6) is 0 Å².